The molecule has 0 radical (unpaired) electrons. The Morgan fingerprint density at radius 1 is 0.833 bits per heavy atom. The van der Waals surface area contributed by atoms with E-state index in [0.717, 1.165) is 0 Å². The monoisotopic (exact) mass is 258 g/mol. The number of nitrogens with zero attached hydrogens (tertiary/aromatic N) is 2. The van der Waals surface area contributed by atoms with Gasteiger partial charge >= 0.3 is 0 Å². The Morgan fingerprint density at radius 3 is 1.61 bits per heavy atom. The van der Waals surface area contributed by atoms with Gasteiger partial charge in [0.2, 0.25) is 0 Å². The van der Waals surface area contributed by atoms with Gasteiger partial charge in [-0.1, -0.05) is 0 Å². The Balaban J connectivity index is 2.37. The molecule has 0 aromatic rings. The molecular weight excluding hydrogens is 232 g/mol. The summed E-state index contributed by atoms with van der Waals surface area (Å²) in [6, 6.07) is 0. The predicted octanol–water partition coefficient (Wildman–Crippen LogP) is 2.22. The first-order chi connectivity index (χ1) is 7.93. The van der Waals surface area contributed by atoms with E-state index in [2.05, 4.69) is 0 Å². The highest BCUT2D eigenvalue weighted by Gasteiger charge is 2.60. The van der Waals surface area contributed by atoms with Gasteiger partial charge in [0.05, 0.1) is 12.1 Å². The quantitative estimate of drug-likeness (QED) is 0.698. The molecule has 2 aliphatic heterocycles. The van der Waals surface area contributed by atoms with Gasteiger partial charge in [-0.3, -0.25) is 0 Å². The van der Waals surface area contributed by atoms with Crippen LogP contribution in [0.15, 0.2) is 0 Å². The minimum atomic E-state index is -0.663. The molecular formula is C13H26N2O3. The normalized spacial score (nSPS) is 34.0. The minimum Gasteiger partial charge on any atom is -0.357 e. The van der Waals surface area contributed by atoms with Crippen molar-refractivity contribution in [1.29, 1.82) is 0 Å². The highest BCUT2D eigenvalue weighted by molar-refractivity contribution is 5.10. The Hall–Kier alpha value is -0.200. The second kappa shape index (κ2) is 3.67. The average molecular weight is 258 g/mol. The first kappa shape index (κ1) is 14.2. The maximum Gasteiger partial charge on any atom is 0.138 e. The molecule has 0 amide bonds. The molecule has 5 nitrogen and oxygen atoms in total. The van der Waals surface area contributed by atoms with Crippen LogP contribution >= 0.6 is 0 Å². The van der Waals surface area contributed by atoms with Gasteiger partial charge in [0.15, 0.2) is 0 Å². The summed E-state index contributed by atoms with van der Waals surface area (Å²) in [4.78, 5) is 0. The smallest absolute Gasteiger partial charge is 0.138 e. The van der Waals surface area contributed by atoms with Crippen LogP contribution in [0.5, 0.6) is 0 Å². The molecule has 0 aromatic heterocycles. The minimum absolute atomic E-state index is 0.396. The number of hydrogen-bond acceptors (Lipinski definition) is 5. The molecule has 2 saturated heterocycles. The number of ether oxygens (including phenoxy) is 1. The van der Waals surface area contributed by atoms with Crippen molar-refractivity contribution in [1.82, 2.24) is 10.1 Å². The predicted molar refractivity (Wildman–Crippen MR) is 67.4 cm³/mol. The SMILES string of the molecule is CC1(C)CC2(COC(C)(C)N2O)CC(C)(C)N1O. The van der Waals surface area contributed by atoms with Crippen molar-refractivity contribution < 1.29 is 15.2 Å². The van der Waals surface area contributed by atoms with Crippen LogP contribution in [-0.4, -0.2) is 49.5 Å². The Labute approximate surface area is 109 Å². The lowest BCUT2D eigenvalue weighted by molar-refractivity contribution is -0.302. The van der Waals surface area contributed by atoms with Crippen molar-refractivity contribution >= 4 is 0 Å². The lowest BCUT2D eigenvalue weighted by Gasteiger charge is -2.56. The Kier molecular flexibility index (Phi) is 2.90. The molecule has 0 aromatic carbocycles. The molecule has 2 rings (SSSR count). The van der Waals surface area contributed by atoms with Gasteiger partial charge in [0.1, 0.15) is 5.72 Å². The standard InChI is InChI=1S/C13H26N2O3/c1-10(2)7-13(8-11(3,4)14(10)16)9-18-12(5,6)15(13)17/h16-17H,7-9H2,1-6H3. The van der Waals surface area contributed by atoms with Crippen LogP contribution in [0.2, 0.25) is 0 Å². The third-order valence-electron chi connectivity index (χ3n) is 4.32. The summed E-state index contributed by atoms with van der Waals surface area (Å²) in [6.45, 7) is 12.2. The zero-order valence-corrected chi connectivity index (χ0v) is 12.3. The summed E-state index contributed by atoms with van der Waals surface area (Å²) >= 11 is 0. The Morgan fingerprint density at radius 2 is 1.28 bits per heavy atom. The van der Waals surface area contributed by atoms with Crippen molar-refractivity contribution in [2.75, 3.05) is 6.61 Å². The third-order valence-corrected chi connectivity index (χ3v) is 4.32. The van der Waals surface area contributed by atoms with Gasteiger partial charge in [-0.2, -0.15) is 10.1 Å². The summed E-state index contributed by atoms with van der Waals surface area (Å²) in [6.07, 6.45) is 1.33. The van der Waals surface area contributed by atoms with Gasteiger partial charge in [-0.25, -0.2) is 0 Å². The zero-order chi connectivity index (χ0) is 14.0. The van der Waals surface area contributed by atoms with Crippen LogP contribution in [0.1, 0.15) is 54.4 Å². The Bertz CT molecular complexity index is 334. The molecule has 0 saturated carbocycles. The van der Waals surface area contributed by atoms with Gasteiger partial charge in [-0.15, -0.1) is 0 Å². The molecule has 5 heteroatoms. The van der Waals surface area contributed by atoms with Crippen LogP contribution in [0.25, 0.3) is 0 Å². The van der Waals surface area contributed by atoms with Crippen LogP contribution in [0.3, 0.4) is 0 Å². The van der Waals surface area contributed by atoms with E-state index in [0.29, 0.717) is 19.4 Å². The number of rotatable bonds is 0. The fourth-order valence-corrected chi connectivity index (χ4v) is 3.90. The lowest BCUT2D eigenvalue weighted by atomic mass is 9.70. The van der Waals surface area contributed by atoms with Gasteiger partial charge in [0.25, 0.3) is 0 Å². The second-order valence-corrected chi connectivity index (χ2v) is 7.56. The maximum absolute atomic E-state index is 10.5. The molecule has 0 bridgehead atoms. The van der Waals surface area contributed by atoms with E-state index in [4.69, 9.17) is 4.74 Å². The van der Waals surface area contributed by atoms with Crippen molar-refractivity contribution in [2.45, 2.75) is 76.7 Å². The van der Waals surface area contributed by atoms with E-state index in [9.17, 15) is 10.4 Å². The molecule has 0 atom stereocenters. The van der Waals surface area contributed by atoms with Crippen LogP contribution in [0, 0.1) is 0 Å². The van der Waals surface area contributed by atoms with E-state index in [1.165, 1.54) is 10.1 Å². The first-order valence-corrected chi connectivity index (χ1v) is 6.55. The molecule has 0 unspecified atom stereocenters. The van der Waals surface area contributed by atoms with Gasteiger partial charge < -0.3 is 15.2 Å². The average Bonchev–Trinajstić information content (AvgIpc) is 2.39. The first-order valence-electron chi connectivity index (χ1n) is 6.55. The summed E-state index contributed by atoms with van der Waals surface area (Å²) in [7, 11) is 0. The van der Waals surface area contributed by atoms with Crippen molar-refractivity contribution in [3.05, 3.63) is 0 Å². The topological polar surface area (TPSA) is 56.2 Å². The summed E-state index contributed by atoms with van der Waals surface area (Å²) < 4.78 is 5.74. The van der Waals surface area contributed by atoms with Gasteiger partial charge in [-0.05, 0) is 54.4 Å². The van der Waals surface area contributed by atoms with Gasteiger partial charge in [0, 0.05) is 11.1 Å². The second-order valence-electron chi connectivity index (χ2n) is 7.56. The fourth-order valence-electron chi connectivity index (χ4n) is 3.90. The summed E-state index contributed by atoms with van der Waals surface area (Å²) in [5.74, 6) is 0. The number of piperidine rings is 1. The third kappa shape index (κ3) is 1.89. The van der Waals surface area contributed by atoms with Crippen LogP contribution in [0.4, 0.5) is 0 Å². The number of hydroxylamine groups is 4. The fraction of sp³-hybridized carbons (Fsp3) is 1.00. The van der Waals surface area contributed by atoms with E-state index < -0.39 is 22.3 Å². The molecule has 2 heterocycles. The van der Waals surface area contributed by atoms with Crippen molar-refractivity contribution in [2.24, 2.45) is 0 Å². The highest BCUT2D eigenvalue weighted by atomic mass is 16.6. The molecule has 2 aliphatic rings. The zero-order valence-electron chi connectivity index (χ0n) is 12.3. The molecule has 2 N–H and O–H groups in total. The maximum atomic E-state index is 10.5. The number of hydrogen-bond donors (Lipinski definition) is 2. The molecule has 106 valence electrons. The highest BCUT2D eigenvalue weighted by Crippen LogP contribution is 2.49. The van der Waals surface area contributed by atoms with E-state index >= 15 is 0 Å². The van der Waals surface area contributed by atoms with Crippen LogP contribution in [-0.2, 0) is 4.74 Å². The lowest BCUT2D eigenvalue weighted by Crippen LogP contribution is -2.68. The molecule has 2 fully saturated rings. The molecule has 1 spiro atoms. The van der Waals surface area contributed by atoms with Crippen LogP contribution < -0.4 is 0 Å². The van der Waals surface area contributed by atoms with E-state index in [-0.39, 0.29) is 0 Å². The largest absolute Gasteiger partial charge is 0.357 e. The van der Waals surface area contributed by atoms with Crippen molar-refractivity contribution in [3.63, 3.8) is 0 Å². The molecule has 0 aliphatic carbocycles. The molecule has 18 heavy (non-hydrogen) atoms. The van der Waals surface area contributed by atoms with Crippen molar-refractivity contribution in [3.8, 4) is 0 Å². The summed E-state index contributed by atoms with van der Waals surface area (Å²) in [5, 5.41) is 23.6. The summed E-state index contributed by atoms with van der Waals surface area (Å²) in [5.41, 5.74) is -1.88. The van der Waals surface area contributed by atoms with E-state index in [1.807, 2.05) is 41.5 Å². The van der Waals surface area contributed by atoms with E-state index in [1.54, 1.807) is 0 Å².